The summed E-state index contributed by atoms with van der Waals surface area (Å²) in [4.78, 5) is 26.9. The number of carbonyl (C=O) groups is 2. The van der Waals surface area contributed by atoms with E-state index in [-0.39, 0.29) is 18.4 Å². The number of amides is 2. The number of nitrogens with one attached hydrogen (secondary N) is 2. The number of anilines is 2. The number of benzene rings is 4. The van der Waals surface area contributed by atoms with Gasteiger partial charge in [0, 0.05) is 4.90 Å². The van der Waals surface area contributed by atoms with Crippen LogP contribution in [0.4, 0.5) is 11.4 Å². The van der Waals surface area contributed by atoms with Crippen molar-refractivity contribution < 1.29 is 19.1 Å². The Morgan fingerprint density at radius 1 is 0.829 bits per heavy atom. The average molecular weight is 487 g/mol. The summed E-state index contributed by atoms with van der Waals surface area (Å²) < 4.78 is 11.3. The maximum atomic E-state index is 13.3. The minimum atomic E-state index is -0.359. The smallest absolute Gasteiger partial charge is 0.262 e. The predicted molar refractivity (Wildman–Crippen MR) is 142 cm³/mol. The normalized spacial score (nSPS) is 10.6. The van der Waals surface area contributed by atoms with Gasteiger partial charge in [0.05, 0.1) is 24.0 Å². The van der Waals surface area contributed by atoms with Crippen LogP contribution in [0.3, 0.4) is 0 Å². The number of hydrogen-bond donors (Lipinski definition) is 2. The zero-order valence-electron chi connectivity index (χ0n) is 19.8. The van der Waals surface area contributed by atoms with Gasteiger partial charge in [-0.05, 0) is 65.9 Å². The number of carbonyl (C=O) groups excluding carboxylic acids is 2. The van der Waals surface area contributed by atoms with E-state index in [9.17, 15) is 9.59 Å². The average Bonchev–Trinajstić information content (AvgIpc) is 2.87. The Kier molecular flexibility index (Phi) is 7.57. The van der Waals surface area contributed by atoms with Crippen molar-refractivity contribution in [1.82, 2.24) is 0 Å². The van der Waals surface area contributed by atoms with Crippen molar-refractivity contribution in [2.75, 3.05) is 30.6 Å². The molecule has 6 nitrogen and oxygen atoms in total. The zero-order chi connectivity index (χ0) is 24.8. The van der Waals surface area contributed by atoms with Gasteiger partial charge in [0.1, 0.15) is 11.5 Å². The highest BCUT2D eigenvalue weighted by molar-refractivity contribution is 7.98. The third-order valence-electron chi connectivity index (χ3n) is 5.44. The molecule has 0 saturated carbocycles. The molecule has 0 aliphatic carbocycles. The van der Waals surface area contributed by atoms with E-state index in [0.29, 0.717) is 22.7 Å². The fraction of sp³-hybridized carbons (Fsp3) is 0.143. The first-order valence-corrected chi connectivity index (χ1v) is 12.3. The maximum absolute atomic E-state index is 13.3. The van der Waals surface area contributed by atoms with E-state index >= 15 is 0 Å². The standard InChI is InChI=1S/C28H26N2O4S/c1-18-12-13-24(33-2)23(14-18)30-28(32)21-15-19-8-4-5-9-20(19)16-25(21)34-17-27(31)29-22-10-6-7-11-26(22)35-3/h4-16H,17H2,1-3H3,(H,29,31)(H,30,32). The molecule has 35 heavy (non-hydrogen) atoms. The second kappa shape index (κ2) is 11.0. The van der Waals surface area contributed by atoms with Gasteiger partial charge in [-0.3, -0.25) is 9.59 Å². The molecular formula is C28H26N2O4S. The summed E-state index contributed by atoms with van der Waals surface area (Å²) in [6.07, 6.45) is 1.95. The lowest BCUT2D eigenvalue weighted by molar-refractivity contribution is -0.118. The van der Waals surface area contributed by atoms with E-state index in [0.717, 1.165) is 26.9 Å². The Morgan fingerprint density at radius 2 is 1.54 bits per heavy atom. The molecule has 2 amide bonds. The van der Waals surface area contributed by atoms with Gasteiger partial charge in [-0.1, -0.05) is 42.5 Å². The molecule has 0 atom stereocenters. The number of methoxy groups -OCH3 is 1. The number of fused-ring (bicyclic) bond motifs is 1. The minimum absolute atomic E-state index is 0.241. The molecule has 4 rings (SSSR count). The molecule has 0 fully saturated rings. The highest BCUT2D eigenvalue weighted by atomic mass is 32.2. The molecule has 0 bridgehead atoms. The van der Waals surface area contributed by atoms with Gasteiger partial charge in [-0.25, -0.2) is 0 Å². The minimum Gasteiger partial charge on any atom is -0.495 e. The van der Waals surface area contributed by atoms with Gasteiger partial charge in [0.2, 0.25) is 0 Å². The summed E-state index contributed by atoms with van der Waals surface area (Å²) in [6.45, 7) is 1.70. The summed E-state index contributed by atoms with van der Waals surface area (Å²) in [5.41, 5.74) is 2.59. The SMILES string of the molecule is COc1ccc(C)cc1NC(=O)c1cc2ccccc2cc1OCC(=O)Nc1ccccc1SC. The molecule has 178 valence electrons. The number of hydrogen-bond acceptors (Lipinski definition) is 5. The number of aryl methyl sites for hydroxylation is 1. The molecule has 0 radical (unpaired) electrons. The second-order valence-corrected chi connectivity index (χ2v) is 8.74. The van der Waals surface area contributed by atoms with Gasteiger partial charge in [-0.15, -0.1) is 11.8 Å². The fourth-order valence-corrected chi connectivity index (χ4v) is 4.26. The van der Waals surface area contributed by atoms with Crippen molar-refractivity contribution in [3.63, 3.8) is 0 Å². The molecule has 7 heteroatoms. The number of thioether (sulfide) groups is 1. The molecule has 0 aliphatic heterocycles. The number of para-hydroxylation sites is 1. The second-order valence-electron chi connectivity index (χ2n) is 7.89. The highest BCUT2D eigenvalue weighted by Crippen LogP contribution is 2.30. The molecule has 0 aromatic heterocycles. The zero-order valence-corrected chi connectivity index (χ0v) is 20.6. The van der Waals surface area contributed by atoms with Gasteiger partial charge in [0.25, 0.3) is 11.8 Å². The molecular weight excluding hydrogens is 460 g/mol. The molecule has 2 N–H and O–H groups in total. The van der Waals surface area contributed by atoms with Crippen molar-refractivity contribution in [2.24, 2.45) is 0 Å². The Morgan fingerprint density at radius 3 is 2.29 bits per heavy atom. The molecule has 0 spiro atoms. The summed E-state index contributed by atoms with van der Waals surface area (Å²) in [7, 11) is 1.55. The first kappa shape index (κ1) is 24.2. The van der Waals surface area contributed by atoms with Crippen LogP contribution in [0.5, 0.6) is 11.5 Å². The van der Waals surface area contributed by atoms with Crippen LogP contribution in [0.2, 0.25) is 0 Å². The van der Waals surface area contributed by atoms with E-state index in [1.165, 1.54) is 0 Å². The topological polar surface area (TPSA) is 76.7 Å². The molecule has 4 aromatic rings. The molecule has 0 saturated heterocycles. The van der Waals surface area contributed by atoms with Gasteiger partial charge < -0.3 is 20.1 Å². The Labute approximate surface area is 208 Å². The van der Waals surface area contributed by atoms with Gasteiger partial charge in [-0.2, -0.15) is 0 Å². The molecule has 0 unspecified atom stereocenters. The summed E-state index contributed by atoms with van der Waals surface area (Å²) in [6, 6.07) is 24.3. The Bertz CT molecular complexity index is 1390. The van der Waals surface area contributed by atoms with Crippen molar-refractivity contribution >= 4 is 45.7 Å². The van der Waals surface area contributed by atoms with E-state index in [1.54, 1.807) is 37.1 Å². The monoisotopic (exact) mass is 486 g/mol. The largest absolute Gasteiger partial charge is 0.495 e. The summed E-state index contributed by atoms with van der Waals surface area (Å²) in [5, 5.41) is 7.59. The van der Waals surface area contributed by atoms with Crippen LogP contribution in [0, 0.1) is 6.92 Å². The maximum Gasteiger partial charge on any atom is 0.262 e. The third kappa shape index (κ3) is 5.75. The van der Waals surface area contributed by atoms with Crippen LogP contribution >= 0.6 is 11.8 Å². The van der Waals surface area contributed by atoms with E-state index < -0.39 is 0 Å². The number of ether oxygens (including phenoxy) is 2. The fourth-order valence-electron chi connectivity index (χ4n) is 3.70. The van der Waals surface area contributed by atoms with Crippen molar-refractivity contribution in [3.05, 3.63) is 90.0 Å². The van der Waals surface area contributed by atoms with Crippen LogP contribution in [-0.4, -0.2) is 31.8 Å². The number of rotatable bonds is 8. The van der Waals surface area contributed by atoms with Crippen LogP contribution in [0.15, 0.2) is 83.8 Å². The molecule has 4 aromatic carbocycles. The quantitative estimate of drug-likeness (QED) is 0.292. The van der Waals surface area contributed by atoms with Crippen LogP contribution < -0.4 is 20.1 Å². The van der Waals surface area contributed by atoms with E-state index in [1.807, 2.05) is 73.8 Å². The van der Waals surface area contributed by atoms with Crippen LogP contribution in [0.1, 0.15) is 15.9 Å². The van der Waals surface area contributed by atoms with Gasteiger partial charge >= 0.3 is 0 Å². The van der Waals surface area contributed by atoms with Crippen molar-refractivity contribution in [3.8, 4) is 11.5 Å². The van der Waals surface area contributed by atoms with Crippen LogP contribution in [0.25, 0.3) is 10.8 Å². The molecule has 0 heterocycles. The lowest BCUT2D eigenvalue weighted by Gasteiger charge is -2.15. The summed E-state index contributed by atoms with van der Waals surface area (Å²) >= 11 is 1.55. The molecule has 0 aliphatic rings. The third-order valence-corrected chi connectivity index (χ3v) is 6.23. The first-order valence-electron chi connectivity index (χ1n) is 11.0. The predicted octanol–water partition coefficient (Wildman–Crippen LogP) is 6.15. The highest BCUT2D eigenvalue weighted by Gasteiger charge is 2.18. The van der Waals surface area contributed by atoms with Gasteiger partial charge in [0.15, 0.2) is 6.61 Å². The van der Waals surface area contributed by atoms with Crippen molar-refractivity contribution in [2.45, 2.75) is 11.8 Å². The van der Waals surface area contributed by atoms with Crippen molar-refractivity contribution in [1.29, 1.82) is 0 Å². The lowest BCUT2D eigenvalue weighted by atomic mass is 10.0. The Balaban J connectivity index is 1.59. The Hall–Kier alpha value is -3.97. The first-order chi connectivity index (χ1) is 17.0. The summed E-state index contributed by atoms with van der Waals surface area (Å²) in [5.74, 6) is 0.203. The van der Waals surface area contributed by atoms with E-state index in [4.69, 9.17) is 9.47 Å². The van der Waals surface area contributed by atoms with Crippen LogP contribution in [-0.2, 0) is 4.79 Å². The van der Waals surface area contributed by atoms with E-state index in [2.05, 4.69) is 10.6 Å². The lowest BCUT2D eigenvalue weighted by Crippen LogP contribution is -2.22.